The molecular weight excluding hydrogens is 446 g/mol. The number of fused-ring (bicyclic) bond motifs is 2. The molecule has 0 aliphatic carbocycles. The third kappa shape index (κ3) is 4.47. The second-order valence-electron chi connectivity index (χ2n) is 9.16. The number of hydrogen-bond acceptors (Lipinski definition) is 5. The highest BCUT2D eigenvalue weighted by Gasteiger charge is 2.28. The number of amides is 1. The molecule has 0 spiro atoms. The average molecular weight is 476 g/mol. The number of nitrogens with zero attached hydrogens (tertiary/aromatic N) is 2. The molecule has 1 amide bonds. The number of rotatable bonds is 5. The van der Waals surface area contributed by atoms with E-state index < -0.39 is 0 Å². The van der Waals surface area contributed by atoms with E-state index in [9.17, 15) is 4.79 Å². The Labute approximate surface area is 203 Å². The average Bonchev–Trinajstić information content (AvgIpc) is 3.35. The fourth-order valence-electron chi connectivity index (χ4n) is 4.49. The first-order chi connectivity index (χ1) is 15.9. The molecule has 4 nitrogen and oxygen atoms in total. The number of thiazole rings is 1. The monoisotopic (exact) mass is 475 g/mol. The lowest BCUT2D eigenvalue weighted by molar-refractivity contribution is -0.115. The maximum Gasteiger partial charge on any atom is 0.229 e. The molecule has 0 radical (unpaired) electrons. The van der Waals surface area contributed by atoms with Crippen molar-refractivity contribution in [3.8, 4) is 10.6 Å². The number of thiophene rings is 1. The SMILES string of the molecule is Cc1ccc(C)c(CC(=O)Nc2sc3c(c2-c2nc4ccccc4s2)CCN(C(C)C)C3)c1. The van der Waals surface area contributed by atoms with Crippen LogP contribution in [0.5, 0.6) is 0 Å². The fourth-order valence-corrected chi connectivity index (χ4v) is 6.89. The van der Waals surface area contributed by atoms with Gasteiger partial charge in [0.25, 0.3) is 0 Å². The number of hydrogen-bond donors (Lipinski definition) is 1. The summed E-state index contributed by atoms with van der Waals surface area (Å²) in [5, 5.41) is 5.23. The molecule has 0 saturated carbocycles. The number of aryl methyl sites for hydroxylation is 2. The lowest BCUT2D eigenvalue weighted by Crippen LogP contribution is -2.35. The summed E-state index contributed by atoms with van der Waals surface area (Å²) in [6, 6.07) is 15.1. The van der Waals surface area contributed by atoms with Crippen molar-refractivity contribution < 1.29 is 4.79 Å². The van der Waals surface area contributed by atoms with Crippen molar-refractivity contribution in [2.45, 2.75) is 53.1 Å². The van der Waals surface area contributed by atoms with Crippen LogP contribution in [0.1, 0.15) is 41.0 Å². The lowest BCUT2D eigenvalue weighted by atomic mass is 10.0. The van der Waals surface area contributed by atoms with Gasteiger partial charge >= 0.3 is 0 Å². The first kappa shape index (κ1) is 22.3. The fraction of sp³-hybridized carbons (Fsp3) is 0.333. The van der Waals surface area contributed by atoms with Gasteiger partial charge in [-0.25, -0.2) is 4.98 Å². The van der Waals surface area contributed by atoms with Gasteiger partial charge in [0.2, 0.25) is 5.91 Å². The van der Waals surface area contributed by atoms with E-state index in [0.717, 1.165) is 51.7 Å². The van der Waals surface area contributed by atoms with Gasteiger partial charge in [0.05, 0.1) is 16.6 Å². The van der Waals surface area contributed by atoms with Crippen LogP contribution in [0, 0.1) is 13.8 Å². The van der Waals surface area contributed by atoms with Crippen LogP contribution in [0.2, 0.25) is 0 Å². The van der Waals surface area contributed by atoms with Crippen molar-refractivity contribution in [3.63, 3.8) is 0 Å². The summed E-state index contributed by atoms with van der Waals surface area (Å²) in [5.41, 5.74) is 6.93. The molecule has 33 heavy (non-hydrogen) atoms. The molecule has 0 bridgehead atoms. The van der Waals surface area contributed by atoms with Crippen molar-refractivity contribution in [2.24, 2.45) is 0 Å². The Hall–Kier alpha value is -2.54. The van der Waals surface area contributed by atoms with Gasteiger partial charge in [0, 0.05) is 29.6 Å². The van der Waals surface area contributed by atoms with E-state index >= 15 is 0 Å². The van der Waals surface area contributed by atoms with E-state index in [1.165, 1.54) is 20.7 Å². The zero-order chi connectivity index (χ0) is 23.1. The molecule has 0 atom stereocenters. The van der Waals surface area contributed by atoms with Crippen molar-refractivity contribution >= 4 is 43.8 Å². The van der Waals surface area contributed by atoms with E-state index in [1.807, 2.05) is 6.07 Å². The van der Waals surface area contributed by atoms with Crippen molar-refractivity contribution in [3.05, 3.63) is 69.6 Å². The molecule has 0 unspecified atom stereocenters. The van der Waals surface area contributed by atoms with Gasteiger partial charge in [0.1, 0.15) is 10.0 Å². The molecule has 5 rings (SSSR count). The van der Waals surface area contributed by atoms with Gasteiger partial charge in [-0.3, -0.25) is 9.69 Å². The van der Waals surface area contributed by atoms with Crippen LogP contribution in [0.15, 0.2) is 42.5 Å². The molecular formula is C27H29N3OS2. The summed E-state index contributed by atoms with van der Waals surface area (Å²) in [5.74, 6) is 0.0328. The number of carbonyl (C=O) groups excluding carboxylic acids is 1. The lowest BCUT2D eigenvalue weighted by Gasteiger charge is -2.30. The first-order valence-electron chi connectivity index (χ1n) is 11.5. The summed E-state index contributed by atoms with van der Waals surface area (Å²) < 4.78 is 1.18. The third-order valence-corrected chi connectivity index (χ3v) is 8.62. The summed E-state index contributed by atoms with van der Waals surface area (Å²) in [6.07, 6.45) is 1.37. The number of benzene rings is 2. The van der Waals surface area contributed by atoms with E-state index in [4.69, 9.17) is 4.98 Å². The largest absolute Gasteiger partial charge is 0.317 e. The van der Waals surface area contributed by atoms with Gasteiger partial charge in [-0.15, -0.1) is 22.7 Å². The number of para-hydroxylation sites is 1. The van der Waals surface area contributed by atoms with E-state index in [-0.39, 0.29) is 5.91 Å². The molecule has 0 fully saturated rings. The minimum atomic E-state index is 0.0328. The van der Waals surface area contributed by atoms with Gasteiger partial charge in [-0.05, 0) is 62.9 Å². The van der Waals surface area contributed by atoms with Crippen LogP contribution in [0.25, 0.3) is 20.8 Å². The Balaban J connectivity index is 1.52. The normalized spacial score (nSPS) is 14.1. The molecule has 2 aromatic carbocycles. The minimum absolute atomic E-state index is 0.0328. The molecule has 1 aliphatic rings. The van der Waals surface area contributed by atoms with E-state index in [2.05, 4.69) is 74.3 Å². The maximum atomic E-state index is 13.2. The molecule has 170 valence electrons. The second kappa shape index (κ2) is 9.01. The Morgan fingerprint density at radius 2 is 1.97 bits per heavy atom. The molecule has 3 heterocycles. The zero-order valence-electron chi connectivity index (χ0n) is 19.6. The van der Waals surface area contributed by atoms with Crippen LogP contribution < -0.4 is 5.32 Å². The standard InChI is InChI=1S/C27H29N3OS2/c1-16(2)30-12-11-20-23(15-30)33-27(25(20)26-28-21-7-5-6-8-22(21)32-26)29-24(31)14-19-13-17(3)9-10-18(19)4/h5-10,13,16H,11-12,14-15H2,1-4H3,(H,29,31). The van der Waals surface area contributed by atoms with Crippen LogP contribution in [-0.4, -0.2) is 28.4 Å². The highest BCUT2D eigenvalue weighted by atomic mass is 32.1. The summed E-state index contributed by atoms with van der Waals surface area (Å²) in [4.78, 5) is 22.0. The molecule has 1 aliphatic heterocycles. The maximum absolute atomic E-state index is 13.2. The number of nitrogens with one attached hydrogen (secondary N) is 1. The highest BCUT2D eigenvalue weighted by molar-refractivity contribution is 7.22. The van der Waals surface area contributed by atoms with Crippen molar-refractivity contribution in [1.82, 2.24) is 9.88 Å². The molecule has 0 saturated heterocycles. The molecule has 4 aromatic rings. The van der Waals surface area contributed by atoms with Crippen LogP contribution in [-0.2, 0) is 24.2 Å². The Morgan fingerprint density at radius 3 is 2.76 bits per heavy atom. The number of carbonyl (C=O) groups is 1. The second-order valence-corrected chi connectivity index (χ2v) is 11.3. The quantitative estimate of drug-likeness (QED) is 0.354. The minimum Gasteiger partial charge on any atom is -0.317 e. The van der Waals surface area contributed by atoms with Crippen LogP contribution in [0.4, 0.5) is 5.00 Å². The summed E-state index contributed by atoms with van der Waals surface area (Å²) in [6.45, 7) is 10.6. The summed E-state index contributed by atoms with van der Waals surface area (Å²) >= 11 is 3.44. The Morgan fingerprint density at radius 1 is 1.15 bits per heavy atom. The van der Waals surface area contributed by atoms with Gasteiger partial charge in [-0.2, -0.15) is 0 Å². The predicted octanol–water partition coefficient (Wildman–Crippen LogP) is 6.59. The topological polar surface area (TPSA) is 45.2 Å². The molecule has 2 aromatic heterocycles. The van der Waals surface area contributed by atoms with Crippen molar-refractivity contribution in [1.29, 1.82) is 0 Å². The molecule has 6 heteroatoms. The predicted molar refractivity (Wildman–Crippen MR) is 140 cm³/mol. The number of aromatic nitrogens is 1. The van der Waals surface area contributed by atoms with E-state index in [0.29, 0.717) is 12.5 Å². The zero-order valence-corrected chi connectivity index (χ0v) is 21.2. The van der Waals surface area contributed by atoms with Crippen molar-refractivity contribution in [2.75, 3.05) is 11.9 Å². The smallest absolute Gasteiger partial charge is 0.229 e. The van der Waals surface area contributed by atoms with Crippen LogP contribution >= 0.6 is 22.7 Å². The Bertz CT molecular complexity index is 1300. The Kier molecular flexibility index (Phi) is 6.08. The molecule has 1 N–H and O–H groups in total. The first-order valence-corrected chi connectivity index (χ1v) is 13.1. The summed E-state index contributed by atoms with van der Waals surface area (Å²) in [7, 11) is 0. The third-order valence-electron chi connectivity index (χ3n) is 6.43. The number of anilines is 1. The van der Waals surface area contributed by atoms with Gasteiger partial charge < -0.3 is 5.32 Å². The van der Waals surface area contributed by atoms with E-state index in [1.54, 1.807) is 22.7 Å². The van der Waals surface area contributed by atoms with Crippen LogP contribution in [0.3, 0.4) is 0 Å². The van der Waals surface area contributed by atoms with Gasteiger partial charge in [-0.1, -0.05) is 35.9 Å². The highest BCUT2D eigenvalue weighted by Crippen LogP contribution is 2.45. The van der Waals surface area contributed by atoms with Gasteiger partial charge in [0.15, 0.2) is 0 Å².